The molecule has 66 valence electrons. The van der Waals surface area contributed by atoms with Crippen molar-refractivity contribution in [2.75, 3.05) is 0 Å². The molecular formula is C9H19NO. The normalized spacial score (nSPS) is 16.5. The Hall–Kier alpha value is -0.370. The van der Waals surface area contributed by atoms with Crippen molar-refractivity contribution in [1.29, 1.82) is 5.41 Å². The zero-order valence-electron chi connectivity index (χ0n) is 7.89. The molecule has 0 aliphatic rings. The molecule has 0 aliphatic heterocycles. The van der Waals surface area contributed by atoms with Gasteiger partial charge in [0.25, 0.3) is 0 Å². The first-order chi connectivity index (χ1) is 5.00. The number of hydrogen-bond donors (Lipinski definition) is 2. The van der Waals surface area contributed by atoms with E-state index in [9.17, 15) is 5.11 Å². The molecule has 2 atom stereocenters. The average Bonchev–Trinajstić information content (AvgIpc) is 1.85. The fraction of sp³-hybridized carbons (Fsp3) is 0.889. The molecule has 0 rings (SSSR count). The maximum atomic E-state index is 9.52. The number of rotatable bonds is 4. The van der Waals surface area contributed by atoms with E-state index >= 15 is 0 Å². The third-order valence-electron chi connectivity index (χ3n) is 2.05. The second-order valence-electron chi connectivity index (χ2n) is 3.43. The maximum absolute atomic E-state index is 9.52. The van der Waals surface area contributed by atoms with Crippen LogP contribution in [0.3, 0.4) is 0 Å². The Balaban J connectivity index is 4.21. The predicted octanol–water partition coefficient (Wildman–Crippen LogP) is 2.07. The number of aliphatic hydroxyl groups is 1. The summed E-state index contributed by atoms with van der Waals surface area (Å²) in [5.41, 5.74) is 0.592. The van der Waals surface area contributed by atoms with Gasteiger partial charge in [0.15, 0.2) is 0 Å². The van der Waals surface area contributed by atoms with Crippen molar-refractivity contribution in [1.82, 2.24) is 0 Å². The molecule has 0 heterocycles. The largest absolute Gasteiger partial charge is 0.392 e. The van der Waals surface area contributed by atoms with Crippen LogP contribution in [-0.4, -0.2) is 16.9 Å². The summed E-state index contributed by atoms with van der Waals surface area (Å²) in [6.07, 6.45) is 0.395. The lowest BCUT2D eigenvalue weighted by Gasteiger charge is -2.24. The van der Waals surface area contributed by atoms with Crippen LogP contribution in [0, 0.1) is 17.2 Å². The Morgan fingerprint density at radius 2 is 1.91 bits per heavy atom. The highest BCUT2D eigenvalue weighted by Crippen LogP contribution is 2.18. The second-order valence-corrected chi connectivity index (χ2v) is 3.43. The van der Waals surface area contributed by atoms with Crippen molar-refractivity contribution in [3.8, 4) is 0 Å². The van der Waals surface area contributed by atoms with Gasteiger partial charge in [-0.3, -0.25) is 0 Å². The highest BCUT2D eigenvalue weighted by atomic mass is 16.3. The number of aliphatic hydroxyl groups excluding tert-OH is 1. The first-order valence-electron chi connectivity index (χ1n) is 4.23. The quantitative estimate of drug-likeness (QED) is 0.603. The van der Waals surface area contributed by atoms with Gasteiger partial charge in [-0.25, -0.2) is 0 Å². The van der Waals surface area contributed by atoms with Gasteiger partial charge in [0, 0.05) is 11.6 Å². The second kappa shape index (κ2) is 4.50. The smallest absolute Gasteiger partial charge is 0.0620 e. The van der Waals surface area contributed by atoms with Crippen LogP contribution in [0.15, 0.2) is 0 Å². The van der Waals surface area contributed by atoms with E-state index < -0.39 is 0 Å². The summed E-state index contributed by atoms with van der Waals surface area (Å²) >= 11 is 0. The van der Waals surface area contributed by atoms with Gasteiger partial charge in [-0.05, 0) is 19.3 Å². The Kier molecular flexibility index (Phi) is 4.34. The molecule has 0 aromatic carbocycles. The molecule has 2 unspecified atom stereocenters. The summed E-state index contributed by atoms with van der Waals surface area (Å²) in [5.74, 6) is 0.405. The average molecular weight is 157 g/mol. The van der Waals surface area contributed by atoms with E-state index in [4.69, 9.17) is 5.41 Å². The highest BCUT2D eigenvalue weighted by Gasteiger charge is 2.22. The van der Waals surface area contributed by atoms with E-state index in [2.05, 4.69) is 0 Å². The van der Waals surface area contributed by atoms with Crippen molar-refractivity contribution in [3.05, 3.63) is 0 Å². The predicted molar refractivity (Wildman–Crippen MR) is 48.0 cm³/mol. The van der Waals surface area contributed by atoms with Gasteiger partial charge in [-0.15, -0.1) is 0 Å². The van der Waals surface area contributed by atoms with Gasteiger partial charge in [0.05, 0.1) is 6.10 Å². The van der Waals surface area contributed by atoms with Gasteiger partial charge < -0.3 is 10.5 Å². The molecule has 0 saturated carbocycles. The SMILES string of the molecule is CCC(O)C(C(C)=N)C(C)C. The van der Waals surface area contributed by atoms with Crippen LogP contribution in [-0.2, 0) is 0 Å². The lowest BCUT2D eigenvalue weighted by Crippen LogP contribution is -2.30. The number of hydrogen-bond acceptors (Lipinski definition) is 2. The summed E-state index contributed by atoms with van der Waals surface area (Å²) in [6.45, 7) is 7.80. The lowest BCUT2D eigenvalue weighted by atomic mass is 9.85. The molecule has 2 nitrogen and oxygen atoms in total. The van der Waals surface area contributed by atoms with Crippen LogP contribution >= 0.6 is 0 Å². The monoisotopic (exact) mass is 157 g/mol. The van der Waals surface area contributed by atoms with Crippen LogP contribution in [0.5, 0.6) is 0 Å². The molecule has 0 radical (unpaired) electrons. The Bertz CT molecular complexity index is 132. The van der Waals surface area contributed by atoms with Crippen molar-refractivity contribution in [2.45, 2.75) is 40.2 Å². The molecule has 0 aliphatic carbocycles. The van der Waals surface area contributed by atoms with Crippen LogP contribution in [0.4, 0.5) is 0 Å². The maximum Gasteiger partial charge on any atom is 0.0620 e. The summed E-state index contributed by atoms with van der Waals surface area (Å²) in [7, 11) is 0. The van der Waals surface area contributed by atoms with E-state index in [-0.39, 0.29) is 12.0 Å². The van der Waals surface area contributed by atoms with E-state index in [1.165, 1.54) is 0 Å². The fourth-order valence-electron chi connectivity index (χ4n) is 1.49. The Morgan fingerprint density at radius 3 is 2.00 bits per heavy atom. The zero-order chi connectivity index (χ0) is 9.02. The zero-order valence-corrected chi connectivity index (χ0v) is 7.89. The molecule has 0 aromatic heterocycles. The van der Waals surface area contributed by atoms with Gasteiger partial charge in [-0.2, -0.15) is 0 Å². The molecule has 0 amide bonds. The fourth-order valence-corrected chi connectivity index (χ4v) is 1.49. The van der Waals surface area contributed by atoms with Crippen LogP contribution < -0.4 is 0 Å². The molecule has 0 fully saturated rings. The Labute approximate surface area is 69.1 Å². The summed E-state index contributed by atoms with van der Waals surface area (Å²) in [5, 5.41) is 17.0. The molecule has 0 bridgehead atoms. The van der Waals surface area contributed by atoms with E-state index in [0.29, 0.717) is 11.6 Å². The van der Waals surface area contributed by atoms with Crippen molar-refractivity contribution >= 4 is 5.71 Å². The topological polar surface area (TPSA) is 44.1 Å². The molecule has 0 aromatic rings. The summed E-state index contributed by atoms with van der Waals surface area (Å²) < 4.78 is 0. The molecule has 11 heavy (non-hydrogen) atoms. The molecule has 0 saturated heterocycles. The van der Waals surface area contributed by atoms with Crippen molar-refractivity contribution < 1.29 is 5.11 Å². The third kappa shape index (κ3) is 3.02. The molecular weight excluding hydrogens is 138 g/mol. The molecule has 0 spiro atoms. The van der Waals surface area contributed by atoms with Gasteiger partial charge in [-0.1, -0.05) is 20.8 Å². The van der Waals surface area contributed by atoms with E-state index in [0.717, 1.165) is 6.42 Å². The van der Waals surface area contributed by atoms with Gasteiger partial charge >= 0.3 is 0 Å². The standard InChI is InChI=1S/C9H19NO/c1-5-8(11)9(6(2)3)7(4)10/h6,8-11H,5H2,1-4H3. The highest BCUT2D eigenvalue weighted by molar-refractivity contribution is 5.81. The minimum atomic E-state index is -0.340. The van der Waals surface area contributed by atoms with Crippen LogP contribution in [0.2, 0.25) is 0 Å². The first kappa shape index (κ1) is 10.6. The van der Waals surface area contributed by atoms with Crippen molar-refractivity contribution in [3.63, 3.8) is 0 Å². The minimum absolute atomic E-state index is 0.0417. The minimum Gasteiger partial charge on any atom is -0.392 e. The van der Waals surface area contributed by atoms with Gasteiger partial charge in [0.1, 0.15) is 0 Å². The van der Waals surface area contributed by atoms with Crippen LogP contribution in [0.25, 0.3) is 0 Å². The first-order valence-corrected chi connectivity index (χ1v) is 4.23. The van der Waals surface area contributed by atoms with E-state index in [1.54, 1.807) is 6.92 Å². The van der Waals surface area contributed by atoms with Crippen LogP contribution in [0.1, 0.15) is 34.1 Å². The van der Waals surface area contributed by atoms with E-state index in [1.807, 2.05) is 20.8 Å². The molecule has 2 heteroatoms. The summed E-state index contributed by atoms with van der Waals surface area (Å²) in [4.78, 5) is 0. The lowest BCUT2D eigenvalue weighted by molar-refractivity contribution is 0.112. The number of nitrogens with one attached hydrogen (secondary N) is 1. The summed E-state index contributed by atoms with van der Waals surface area (Å²) in [6, 6.07) is 0. The third-order valence-corrected chi connectivity index (χ3v) is 2.05. The van der Waals surface area contributed by atoms with Gasteiger partial charge in [0.2, 0.25) is 0 Å². The van der Waals surface area contributed by atoms with Crippen molar-refractivity contribution in [2.24, 2.45) is 11.8 Å². The Morgan fingerprint density at radius 1 is 1.45 bits per heavy atom. The molecule has 2 N–H and O–H groups in total.